The molecule has 0 radical (unpaired) electrons. The molecule has 7 atom stereocenters. The number of aromatic hydroxyl groups is 2. The molecule has 3 aliphatic heterocycles. The van der Waals surface area contributed by atoms with Gasteiger partial charge in [-0.05, 0) is 63.0 Å². The molecule has 66 heavy (non-hydrogen) atoms. The second-order valence-corrected chi connectivity index (χ2v) is 17.2. The van der Waals surface area contributed by atoms with Gasteiger partial charge in [0.15, 0.2) is 30.2 Å². The summed E-state index contributed by atoms with van der Waals surface area (Å²) in [4.78, 5) is 73.8. The van der Waals surface area contributed by atoms with Crippen LogP contribution in [0.3, 0.4) is 0 Å². The number of nitrogens with two attached hydrogens (primary N) is 1. The molecule has 8 rings (SSSR count). The molecular weight excluding hydrogens is 863 g/mol. The second kappa shape index (κ2) is 19.7. The van der Waals surface area contributed by atoms with Gasteiger partial charge in [-0.1, -0.05) is 24.3 Å². The number of carbonyl (C=O) groups is 5. The zero-order chi connectivity index (χ0) is 46.9. The number of likely N-dealkylation sites (tertiary alicyclic amines) is 1. The maximum atomic E-state index is 14.1. The summed E-state index contributed by atoms with van der Waals surface area (Å²) < 4.78 is 35.4. The van der Waals surface area contributed by atoms with Crippen LogP contribution < -0.4 is 26.6 Å². The van der Waals surface area contributed by atoms with E-state index in [1.165, 1.54) is 32.4 Å². The van der Waals surface area contributed by atoms with Gasteiger partial charge in [-0.2, -0.15) is 0 Å². The highest BCUT2D eigenvalue weighted by Gasteiger charge is 2.51. The quantitative estimate of drug-likeness (QED) is 0.0702. The number of benzene rings is 3. The number of anilines is 1. The number of fused-ring (bicyclic) bond motifs is 3. The largest absolute Gasteiger partial charge is 0.507 e. The number of phenolic OH excluding ortho intramolecular Hbond substituents is 2. The van der Waals surface area contributed by atoms with Gasteiger partial charge < -0.3 is 54.8 Å². The number of aliphatic hydroxyl groups is 1. The number of methoxy groups -OCH3 is 2. The van der Waals surface area contributed by atoms with Gasteiger partial charge in [-0.25, -0.2) is 5.48 Å². The number of hydrogen-bond acceptors (Lipinski definition) is 17. The molecule has 0 aromatic heterocycles. The van der Waals surface area contributed by atoms with Crippen molar-refractivity contribution in [3.63, 3.8) is 0 Å². The summed E-state index contributed by atoms with van der Waals surface area (Å²) >= 11 is 0. The molecule has 3 aromatic carbocycles. The van der Waals surface area contributed by atoms with E-state index >= 15 is 0 Å². The zero-order valence-corrected chi connectivity index (χ0v) is 36.8. The second-order valence-electron chi connectivity index (χ2n) is 17.2. The monoisotopic (exact) mass is 917 g/mol. The molecule has 20 nitrogen and oxygen atoms in total. The molecule has 0 unspecified atom stereocenters. The van der Waals surface area contributed by atoms with Crippen molar-refractivity contribution in [2.75, 3.05) is 52.3 Å². The minimum atomic E-state index is -2.35. The summed E-state index contributed by atoms with van der Waals surface area (Å²) in [5.74, 6) is -4.55. The molecule has 0 bridgehead atoms. The summed E-state index contributed by atoms with van der Waals surface area (Å²) in [5, 5.41) is 42.1. The van der Waals surface area contributed by atoms with Crippen LogP contribution in [0.1, 0.15) is 93.7 Å². The zero-order valence-electron chi connectivity index (χ0n) is 36.8. The minimum absolute atomic E-state index is 0.0615. The predicted molar refractivity (Wildman–Crippen MR) is 230 cm³/mol. The van der Waals surface area contributed by atoms with E-state index in [4.69, 9.17) is 39.0 Å². The topological polar surface area (TPSA) is 276 Å². The molecule has 0 saturated carbocycles. The summed E-state index contributed by atoms with van der Waals surface area (Å²) in [6.07, 6.45) is -3.68. The van der Waals surface area contributed by atoms with Gasteiger partial charge >= 0.3 is 0 Å². The highest BCUT2D eigenvalue weighted by atomic mass is 16.7. The molecule has 3 saturated heterocycles. The number of nitrogens with zero attached hydrogens (tertiary/aromatic N) is 1. The van der Waals surface area contributed by atoms with Gasteiger partial charge in [0, 0.05) is 61.2 Å². The molecule has 2 aliphatic carbocycles. The van der Waals surface area contributed by atoms with Crippen molar-refractivity contribution in [2.45, 2.75) is 94.8 Å². The van der Waals surface area contributed by atoms with Crippen LogP contribution in [-0.2, 0) is 55.9 Å². The van der Waals surface area contributed by atoms with Crippen LogP contribution >= 0.6 is 0 Å². The molecule has 3 aromatic rings. The van der Waals surface area contributed by atoms with E-state index in [-0.39, 0.29) is 65.3 Å². The summed E-state index contributed by atoms with van der Waals surface area (Å²) in [6, 6.07) is 11.1. The summed E-state index contributed by atoms with van der Waals surface area (Å²) in [5.41, 5.74) is 5.12. The first-order chi connectivity index (χ1) is 31.7. The molecule has 20 heteroatoms. The Hall–Kier alpha value is -5.55. The van der Waals surface area contributed by atoms with E-state index in [1.54, 1.807) is 31.2 Å². The Morgan fingerprint density at radius 2 is 1.70 bits per heavy atom. The molecule has 0 spiro atoms. The Morgan fingerprint density at radius 1 is 0.955 bits per heavy atom. The van der Waals surface area contributed by atoms with Crippen molar-refractivity contribution in [1.29, 1.82) is 0 Å². The number of rotatable bonds is 14. The SMILES string of the molecule is COc1cccc2c1C(=O)c1c(O)c3c(c(O)c1C2=O)C[C@@](O)(C(=O)NOCc1ccc(NC(=O)CN2CCC(C(N)=O)CC2)cc1)C[C@@H]3O[C@H]1CC[C@H](O[C@H]2NCCO[C@@H]2OC)[C@H](C)O1. The van der Waals surface area contributed by atoms with E-state index < -0.39 is 95.7 Å². The maximum Gasteiger partial charge on any atom is 0.275 e. The Labute approximate surface area is 379 Å². The fourth-order valence-electron chi connectivity index (χ4n) is 9.40. The van der Waals surface area contributed by atoms with Crippen molar-refractivity contribution in [2.24, 2.45) is 11.7 Å². The van der Waals surface area contributed by atoms with Crippen molar-refractivity contribution >= 4 is 35.0 Å². The predicted octanol–water partition coefficient (Wildman–Crippen LogP) is 1.83. The van der Waals surface area contributed by atoms with Crippen LogP contribution in [0.4, 0.5) is 5.69 Å². The molecule has 3 amide bonds. The summed E-state index contributed by atoms with van der Waals surface area (Å²) in [7, 11) is 2.85. The highest BCUT2D eigenvalue weighted by molar-refractivity contribution is 6.31. The number of piperidine rings is 1. The third-order valence-electron chi connectivity index (χ3n) is 12.9. The number of phenols is 2. The third kappa shape index (κ3) is 9.51. The summed E-state index contributed by atoms with van der Waals surface area (Å²) in [6.45, 7) is 3.99. The Balaban J connectivity index is 0.978. The van der Waals surface area contributed by atoms with Gasteiger partial charge in [0.2, 0.25) is 17.6 Å². The number of amides is 3. The highest BCUT2D eigenvalue weighted by Crippen LogP contribution is 2.52. The van der Waals surface area contributed by atoms with E-state index in [2.05, 4.69) is 16.1 Å². The van der Waals surface area contributed by atoms with Crippen molar-refractivity contribution < 1.29 is 72.6 Å². The van der Waals surface area contributed by atoms with Crippen LogP contribution in [0.2, 0.25) is 0 Å². The number of morpholine rings is 1. The first-order valence-electron chi connectivity index (χ1n) is 22.0. The Bertz CT molecular complexity index is 2350. The number of ketones is 2. The van der Waals surface area contributed by atoms with Gasteiger partial charge in [-0.3, -0.25) is 39.0 Å². The Kier molecular flexibility index (Phi) is 14.0. The fourth-order valence-corrected chi connectivity index (χ4v) is 9.40. The van der Waals surface area contributed by atoms with Crippen molar-refractivity contribution in [3.05, 3.63) is 81.4 Å². The van der Waals surface area contributed by atoms with Crippen LogP contribution in [0, 0.1) is 5.92 Å². The average Bonchev–Trinajstić information content (AvgIpc) is 3.30. The lowest BCUT2D eigenvalue weighted by atomic mass is 9.72. The molecule has 354 valence electrons. The Morgan fingerprint density at radius 3 is 2.39 bits per heavy atom. The van der Waals surface area contributed by atoms with Gasteiger partial charge in [-0.15, -0.1) is 0 Å². The number of carbonyl (C=O) groups excluding carboxylic acids is 5. The van der Waals surface area contributed by atoms with Gasteiger partial charge in [0.1, 0.15) is 17.2 Å². The fraction of sp³-hybridized carbons (Fsp3) is 0.500. The van der Waals surface area contributed by atoms with Crippen molar-refractivity contribution in [1.82, 2.24) is 15.7 Å². The van der Waals surface area contributed by atoms with Crippen LogP contribution in [0.5, 0.6) is 17.2 Å². The first kappa shape index (κ1) is 47.0. The minimum Gasteiger partial charge on any atom is -0.507 e. The van der Waals surface area contributed by atoms with Gasteiger partial charge in [0.05, 0.1) is 61.9 Å². The standard InChI is InChI=1S/C46H55N5O15/c1-23-29(66-43-44(61-3)62-18-15-48-43)11-12-33(64-23)65-31-20-46(59,19-28-35(31)41(56)37-36(39(28)54)38(53)27-5-4-6-30(60-2)34(27)40(37)55)45(58)50-63-22-24-7-9-26(10-8-24)49-32(52)21-51-16-13-25(14-17-51)42(47)57/h4-10,23,25,29,31,33,43-44,48,54,56,59H,11-22H2,1-3H3,(H2,47,57)(H,49,52)(H,50,58)/t23-,29-,31-,33-,43+,44-,46-/m0/s1. The molecule has 8 N–H and O–H groups in total. The molecule has 5 aliphatic rings. The lowest BCUT2D eigenvalue weighted by Crippen LogP contribution is -2.54. The van der Waals surface area contributed by atoms with Gasteiger partial charge in [0.25, 0.3) is 5.91 Å². The number of nitrogens with one attached hydrogen (secondary N) is 3. The van der Waals surface area contributed by atoms with E-state index in [1.807, 2.05) is 4.90 Å². The van der Waals surface area contributed by atoms with Crippen LogP contribution in [-0.4, -0.2) is 133 Å². The molecule has 3 fully saturated rings. The van der Waals surface area contributed by atoms with Crippen LogP contribution in [0.15, 0.2) is 42.5 Å². The first-order valence-corrected chi connectivity index (χ1v) is 22.0. The van der Waals surface area contributed by atoms with E-state index in [9.17, 15) is 39.3 Å². The van der Waals surface area contributed by atoms with E-state index in [0.29, 0.717) is 56.8 Å². The number of hydrogen-bond donors (Lipinski definition) is 7. The van der Waals surface area contributed by atoms with Crippen LogP contribution in [0.25, 0.3) is 0 Å². The smallest absolute Gasteiger partial charge is 0.275 e. The lowest BCUT2D eigenvalue weighted by molar-refractivity contribution is -0.281. The van der Waals surface area contributed by atoms with E-state index in [0.717, 1.165) is 0 Å². The molecular formula is C46H55N5O15. The normalized spacial score (nSPS) is 26.7. The third-order valence-corrected chi connectivity index (χ3v) is 12.9. The lowest BCUT2D eigenvalue weighted by Gasteiger charge is -2.42. The number of hydroxylamine groups is 1. The molecule has 3 heterocycles. The van der Waals surface area contributed by atoms with Crippen molar-refractivity contribution in [3.8, 4) is 17.2 Å². The number of primary amides is 1. The maximum absolute atomic E-state index is 14.1. The average molecular weight is 918 g/mol. The number of ether oxygens (including phenoxy) is 6.